The third-order valence-corrected chi connectivity index (χ3v) is 3.38. The molecular weight excluding hydrogens is 214 g/mol. The number of hydrogen-bond acceptors (Lipinski definition) is 3. The molecule has 0 aliphatic carbocycles. The largest absolute Gasteiger partial charge is 0.397 e. The number of carbonyl (C=O) groups is 1. The van der Waals surface area contributed by atoms with Crippen molar-refractivity contribution in [3.63, 3.8) is 0 Å². The molecule has 1 fully saturated rings. The third kappa shape index (κ3) is 2.25. The van der Waals surface area contributed by atoms with Crippen molar-refractivity contribution >= 4 is 11.6 Å². The van der Waals surface area contributed by atoms with Gasteiger partial charge in [-0.05, 0) is 32.3 Å². The molecule has 0 aromatic carbocycles. The van der Waals surface area contributed by atoms with E-state index in [1.165, 1.54) is 0 Å². The number of aromatic nitrogens is 1. The summed E-state index contributed by atoms with van der Waals surface area (Å²) in [5, 5.41) is 0. The molecule has 92 valence electrons. The second-order valence-corrected chi connectivity index (χ2v) is 5.05. The monoisotopic (exact) mass is 233 g/mol. The molecule has 4 nitrogen and oxygen atoms in total. The zero-order valence-electron chi connectivity index (χ0n) is 10.6. The van der Waals surface area contributed by atoms with Gasteiger partial charge in [-0.2, -0.15) is 0 Å². The predicted octanol–water partition coefficient (Wildman–Crippen LogP) is 1.84. The van der Waals surface area contributed by atoms with Crippen molar-refractivity contribution in [2.75, 3.05) is 12.3 Å². The maximum Gasteiger partial charge on any atom is 0.256 e. The van der Waals surface area contributed by atoms with E-state index in [4.69, 9.17) is 5.73 Å². The molecule has 4 heteroatoms. The van der Waals surface area contributed by atoms with E-state index in [-0.39, 0.29) is 5.91 Å². The number of carbonyl (C=O) groups excluding carboxylic acids is 1. The van der Waals surface area contributed by atoms with E-state index in [1.54, 1.807) is 12.3 Å². The van der Waals surface area contributed by atoms with Gasteiger partial charge < -0.3 is 10.6 Å². The van der Waals surface area contributed by atoms with Gasteiger partial charge in [0.05, 0.1) is 23.1 Å². The summed E-state index contributed by atoms with van der Waals surface area (Å²) in [7, 11) is 0. The van der Waals surface area contributed by atoms with Crippen LogP contribution in [-0.4, -0.2) is 28.4 Å². The van der Waals surface area contributed by atoms with E-state index < -0.39 is 0 Å². The highest BCUT2D eigenvalue weighted by molar-refractivity contribution is 5.96. The van der Waals surface area contributed by atoms with Crippen molar-refractivity contribution in [3.05, 3.63) is 23.5 Å². The number of anilines is 1. The van der Waals surface area contributed by atoms with Crippen LogP contribution < -0.4 is 5.73 Å². The van der Waals surface area contributed by atoms with Gasteiger partial charge in [-0.1, -0.05) is 6.92 Å². The van der Waals surface area contributed by atoms with Crippen molar-refractivity contribution in [1.82, 2.24) is 9.88 Å². The Morgan fingerprint density at radius 3 is 2.82 bits per heavy atom. The Hall–Kier alpha value is -1.58. The standard InChI is InChI=1S/C13H19N3O/c1-8-4-9(2)16(7-8)13(17)12-5-11(14)6-15-10(12)3/h5-6,8-9H,4,7,14H2,1-3H3. The maximum atomic E-state index is 12.4. The molecule has 0 spiro atoms. The van der Waals surface area contributed by atoms with Crippen LogP contribution in [0.4, 0.5) is 5.69 Å². The second-order valence-electron chi connectivity index (χ2n) is 5.05. The minimum atomic E-state index is 0.0548. The SMILES string of the molecule is Cc1ncc(N)cc1C(=O)N1CC(C)CC1C. The van der Waals surface area contributed by atoms with Crippen molar-refractivity contribution in [2.45, 2.75) is 33.2 Å². The molecule has 1 aromatic rings. The van der Waals surface area contributed by atoms with Gasteiger partial charge in [-0.15, -0.1) is 0 Å². The van der Waals surface area contributed by atoms with Crippen molar-refractivity contribution in [1.29, 1.82) is 0 Å². The van der Waals surface area contributed by atoms with Gasteiger partial charge in [0.25, 0.3) is 5.91 Å². The fraction of sp³-hybridized carbons (Fsp3) is 0.538. The number of nitrogens with zero attached hydrogens (tertiary/aromatic N) is 2. The molecule has 1 saturated heterocycles. The predicted molar refractivity (Wildman–Crippen MR) is 67.7 cm³/mol. The van der Waals surface area contributed by atoms with Crippen LogP contribution in [0.5, 0.6) is 0 Å². The molecule has 0 radical (unpaired) electrons. The lowest BCUT2D eigenvalue weighted by atomic mass is 10.1. The Balaban J connectivity index is 2.28. The summed E-state index contributed by atoms with van der Waals surface area (Å²) in [4.78, 5) is 18.5. The first-order chi connectivity index (χ1) is 7.99. The Kier molecular flexibility index (Phi) is 3.05. The average molecular weight is 233 g/mol. The smallest absolute Gasteiger partial charge is 0.256 e. The molecule has 2 unspecified atom stereocenters. The van der Waals surface area contributed by atoms with Gasteiger partial charge >= 0.3 is 0 Å². The second kappa shape index (κ2) is 4.35. The van der Waals surface area contributed by atoms with Gasteiger partial charge in [0.2, 0.25) is 0 Å². The van der Waals surface area contributed by atoms with Crippen LogP contribution in [0, 0.1) is 12.8 Å². The van der Waals surface area contributed by atoms with Gasteiger partial charge in [0.15, 0.2) is 0 Å². The van der Waals surface area contributed by atoms with Crippen molar-refractivity contribution in [2.24, 2.45) is 5.92 Å². The first-order valence-corrected chi connectivity index (χ1v) is 6.02. The number of amides is 1. The van der Waals surface area contributed by atoms with Crippen LogP contribution in [0.2, 0.25) is 0 Å². The first-order valence-electron chi connectivity index (χ1n) is 6.02. The maximum absolute atomic E-state index is 12.4. The lowest BCUT2D eigenvalue weighted by Crippen LogP contribution is -2.34. The van der Waals surface area contributed by atoms with E-state index in [1.807, 2.05) is 11.8 Å². The number of pyridine rings is 1. The molecule has 2 N–H and O–H groups in total. The number of likely N-dealkylation sites (tertiary alicyclic amines) is 1. The summed E-state index contributed by atoms with van der Waals surface area (Å²) in [5.74, 6) is 0.627. The van der Waals surface area contributed by atoms with Crippen LogP contribution in [0.25, 0.3) is 0 Å². The summed E-state index contributed by atoms with van der Waals surface area (Å²) >= 11 is 0. The van der Waals surface area contributed by atoms with Crippen LogP contribution in [-0.2, 0) is 0 Å². The van der Waals surface area contributed by atoms with E-state index >= 15 is 0 Å². The Labute approximate surface area is 102 Å². The molecule has 1 aliphatic rings. The van der Waals surface area contributed by atoms with Gasteiger partial charge in [0, 0.05) is 12.6 Å². The molecule has 1 aliphatic heterocycles. The minimum Gasteiger partial charge on any atom is -0.397 e. The summed E-state index contributed by atoms with van der Waals surface area (Å²) < 4.78 is 0. The van der Waals surface area contributed by atoms with Gasteiger partial charge in [0.1, 0.15) is 0 Å². The molecule has 0 bridgehead atoms. The molecule has 17 heavy (non-hydrogen) atoms. The highest BCUT2D eigenvalue weighted by Crippen LogP contribution is 2.25. The number of nitrogen functional groups attached to an aromatic ring is 1. The number of nitrogens with two attached hydrogens (primary N) is 1. The Morgan fingerprint density at radius 1 is 1.53 bits per heavy atom. The molecule has 2 rings (SSSR count). The van der Waals surface area contributed by atoms with Crippen LogP contribution >= 0.6 is 0 Å². The molecule has 2 heterocycles. The van der Waals surface area contributed by atoms with E-state index in [0.717, 1.165) is 18.7 Å². The molecule has 1 amide bonds. The summed E-state index contributed by atoms with van der Waals surface area (Å²) in [5.41, 5.74) is 7.61. The lowest BCUT2D eigenvalue weighted by Gasteiger charge is -2.22. The van der Waals surface area contributed by atoms with Gasteiger partial charge in [-0.25, -0.2) is 0 Å². The van der Waals surface area contributed by atoms with Crippen LogP contribution in [0.15, 0.2) is 12.3 Å². The average Bonchev–Trinajstić information content (AvgIpc) is 2.60. The summed E-state index contributed by atoms with van der Waals surface area (Å²) in [6.45, 7) is 6.94. The van der Waals surface area contributed by atoms with E-state index in [9.17, 15) is 4.79 Å². The van der Waals surface area contributed by atoms with Crippen molar-refractivity contribution in [3.8, 4) is 0 Å². The summed E-state index contributed by atoms with van der Waals surface area (Å²) in [6.07, 6.45) is 2.66. The molecule has 1 aromatic heterocycles. The quantitative estimate of drug-likeness (QED) is 0.805. The molecule has 0 saturated carbocycles. The topological polar surface area (TPSA) is 59.2 Å². The zero-order valence-corrected chi connectivity index (χ0v) is 10.6. The normalized spacial score (nSPS) is 24.1. The van der Waals surface area contributed by atoms with Crippen molar-refractivity contribution < 1.29 is 4.79 Å². The first kappa shape index (κ1) is 11.9. The number of hydrogen-bond donors (Lipinski definition) is 1. The van der Waals surface area contributed by atoms with E-state index in [0.29, 0.717) is 23.2 Å². The zero-order chi connectivity index (χ0) is 12.6. The fourth-order valence-electron chi connectivity index (χ4n) is 2.50. The number of aryl methyl sites for hydroxylation is 1. The lowest BCUT2D eigenvalue weighted by molar-refractivity contribution is 0.0742. The third-order valence-electron chi connectivity index (χ3n) is 3.38. The Bertz CT molecular complexity index is 444. The highest BCUT2D eigenvalue weighted by atomic mass is 16.2. The summed E-state index contributed by atoms with van der Waals surface area (Å²) in [6, 6.07) is 2.03. The van der Waals surface area contributed by atoms with Crippen LogP contribution in [0.3, 0.4) is 0 Å². The highest BCUT2D eigenvalue weighted by Gasteiger charge is 2.31. The molecular formula is C13H19N3O. The fourth-order valence-corrected chi connectivity index (χ4v) is 2.50. The molecule has 2 atom stereocenters. The van der Waals surface area contributed by atoms with Crippen LogP contribution in [0.1, 0.15) is 36.3 Å². The van der Waals surface area contributed by atoms with Gasteiger partial charge in [-0.3, -0.25) is 9.78 Å². The number of rotatable bonds is 1. The Morgan fingerprint density at radius 2 is 2.24 bits per heavy atom. The minimum absolute atomic E-state index is 0.0548. The van der Waals surface area contributed by atoms with E-state index in [2.05, 4.69) is 18.8 Å².